The Kier molecular flexibility index (Phi) is 5.63. The average molecular weight is 474 g/mol. The number of hydrogen-bond acceptors (Lipinski definition) is 8. The molecule has 0 radical (unpaired) electrons. The van der Waals surface area contributed by atoms with Crippen LogP contribution in [0, 0.1) is 5.82 Å². The highest BCUT2D eigenvalue weighted by atomic mass is 19.1. The highest BCUT2D eigenvalue weighted by Crippen LogP contribution is 2.38. The van der Waals surface area contributed by atoms with Crippen LogP contribution in [0.25, 0.3) is 21.8 Å². The lowest BCUT2D eigenvalue weighted by atomic mass is 10.1. The van der Waals surface area contributed by atoms with Gasteiger partial charge in [0.1, 0.15) is 23.7 Å². The molecular weight excluding hydrogens is 449 g/mol. The van der Waals surface area contributed by atoms with Crippen molar-refractivity contribution < 1.29 is 18.6 Å². The van der Waals surface area contributed by atoms with Crippen LogP contribution in [-0.4, -0.2) is 54.5 Å². The topological polar surface area (TPSA) is 81.6 Å². The molecule has 1 N–H and O–H groups in total. The van der Waals surface area contributed by atoms with Crippen molar-refractivity contribution in [2.24, 2.45) is 0 Å². The fraction of sp³-hybridized carbons (Fsp3) is 0.269. The molecule has 0 amide bonds. The van der Waals surface area contributed by atoms with Crippen molar-refractivity contribution in [1.29, 1.82) is 0 Å². The van der Waals surface area contributed by atoms with Gasteiger partial charge in [0.05, 0.1) is 48.5 Å². The molecule has 0 saturated carbocycles. The summed E-state index contributed by atoms with van der Waals surface area (Å²) in [5, 5.41) is 4.28. The molecule has 178 valence electrons. The van der Waals surface area contributed by atoms with Crippen LogP contribution in [0.3, 0.4) is 0 Å². The second kappa shape index (κ2) is 9.09. The molecule has 2 aliphatic heterocycles. The molecule has 0 unspecified atom stereocenters. The Balaban J connectivity index is 1.46. The summed E-state index contributed by atoms with van der Waals surface area (Å²) in [7, 11) is 0. The first-order valence-corrected chi connectivity index (χ1v) is 11.5. The molecule has 0 aliphatic carbocycles. The Morgan fingerprint density at radius 2 is 1.89 bits per heavy atom. The van der Waals surface area contributed by atoms with E-state index in [1.165, 1.54) is 6.33 Å². The van der Waals surface area contributed by atoms with E-state index in [0.29, 0.717) is 65.5 Å². The van der Waals surface area contributed by atoms with Gasteiger partial charge in [-0.25, -0.2) is 14.4 Å². The summed E-state index contributed by atoms with van der Waals surface area (Å²) >= 11 is 0. The zero-order valence-electron chi connectivity index (χ0n) is 19.3. The number of halogens is 1. The van der Waals surface area contributed by atoms with Crippen molar-refractivity contribution in [3.63, 3.8) is 0 Å². The number of aromatic nitrogens is 3. The van der Waals surface area contributed by atoms with Crippen LogP contribution in [0.15, 0.2) is 60.3 Å². The first-order valence-electron chi connectivity index (χ1n) is 11.5. The summed E-state index contributed by atoms with van der Waals surface area (Å²) in [6, 6.07) is 10.9. The summed E-state index contributed by atoms with van der Waals surface area (Å²) in [4.78, 5) is 15.5. The van der Waals surface area contributed by atoms with Crippen molar-refractivity contribution in [3.8, 4) is 5.75 Å². The molecule has 35 heavy (non-hydrogen) atoms. The summed E-state index contributed by atoms with van der Waals surface area (Å²) in [6.45, 7) is 5.95. The minimum atomic E-state index is -0.389. The van der Waals surface area contributed by atoms with Crippen molar-refractivity contribution in [3.05, 3.63) is 66.1 Å². The summed E-state index contributed by atoms with van der Waals surface area (Å²) in [5.74, 6) is 1.46. The number of morpholine rings is 1. The fourth-order valence-electron chi connectivity index (χ4n) is 4.30. The lowest BCUT2D eigenvalue weighted by Gasteiger charge is -2.29. The van der Waals surface area contributed by atoms with Gasteiger partial charge in [-0.05, 0) is 37.3 Å². The first kappa shape index (κ1) is 21.7. The quantitative estimate of drug-likeness (QED) is 0.422. The molecule has 2 fully saturated rings. The number of nitrogens with zero attached hydrogens (tertiary/aromatic N) is 4. The highest BCUT2D eigenvalue weighted by molar-refractivity contribution is 5.98. The normalized spacial score (nSPS) is 15.8. The number of rotatable bonds is 5. The molecule has 8 nitrogen and oxygen atoms in total. The Morgan fingerprint density at radius 3 is 2.69 bits per heavy atom. The molecule has 2 aromatic heterocycles. The van der Waals surface area contributed by atoms with Gasteiger partial charge in [-0.15, -0.1) is 0 Å². The van der Waals surface area contributed by atoms with E-state index in [1.807, 2.05) is 19.1 Å². The fourth-order valence-corrected chi connectivity index (χ4v) is 4.30. The van der Waals surface area contributed by atoms with Crippen LogP contribution in [0.5, 0.6) is 5.75 Å². The van der Waals surface area contributed by atoms with Gasteiger partial charge in [-0.1, -0.05) is 0 Å². The lowest BCUT2D eigenvalue weighted by Crippen LogP contribution is -2.36. The maximum absolute atomic E-state index is 15.3. The number of allylic oxidation sites excluding steroid dienone is 1. The van der Waals surface area contributed by atoms with Gasteiger partial charge in [0.2, 0.25) is 0 Å². The van der Waals surface area contributed by atoms with E-state index in [4.69, 9.17) is 14.2 Å². The molecule has 0 spiro atoms. The number of fused-ring (bicyclic) bond motifs is 2. The molecule has 2 aliphatic rings. The molecule has 4 heterocycles. The number of anilines is 3. The highest BCUT2D eigenvalue weighted by Gasteiger charge is 2.21. The minimum absolute atomic E-state index is 0.302. The van der Waals surface area contributed by atoms with Crippen molar-refractivity contribution in [1.82, 2.24) is 15.0 Å². The summed E-state index contributed by atoms with van der Waals surface area (Å²) in [5.41, 5.74) is 3.69. The number of ether oxygens (including phenoxy) is 3. The minimum Gasteiger partial charge on any atom is -0.461 e. The van der Waals surface area contributed by atoms with Gasteiger partial charge < -0.3 is 24.4 Å². The second-order valence-electron chi connectivity index (χ2n) is 8.54. The zero-order valence-corrected chi connectivity index (χ0v) is 19.3. The number of nitrogens with one attached hydrogen (secondary N) is 1. The summed E-state index contributed by atoms with van der Waals surface area (Å²) in [6.07, 6.45) is 3.12. The van der Waals surface area contributed by atoms with E-state index in [1.54, 1.807) is 30.5 Å². The van der Waals surface area contributed by atoms with Crippen molar-refractivity contribution >= 4 is 39.0 Å². The van der Waals surface area contributed by atoms with Crippen molar-refractivity contribution in [2.75, 3.05) is 49.7 Å². The van der Waals surface area contributed by atoms with Gasteiger partial charge in [0.15, 0.2) is 5.82 Å². The van der Waals surface area contributed by atoms with Crippen LogP contribution in [-0.2, 0) is 9.47 Å². The Bertz CT molecular complexity index is 1450. The SMILES string of the molecule is CC(Oc1cc(N2CCOCC2)cc2ncnc(Nc3ccc4ncccc4c3F)c12)=C1COC1. The van der Waals surface area contributed by atoms with Crippen molar-refractivity contribution in [2.45, 2.75) is 6.92 Å². The van der Waals surface area contributed by atoms with E-state index in [2.05, 4.69) is 25.2 Å². The van der Waals surface area contributed by atoms with Crippen LogP contribution in [0.2, 0.25) is 0 Å². The molecule has 9 heteroatoms. The Hall–Kier alpha value is -3.82. The average Bonchev–Trinajstić information content (AvgIpc) is 2.85. The van der Waals surface area contributed by atoms with Crippen LogP contribution in [0.1, 0.15) is 6.92 Å². The predicted octanol–water partition coefficient (Wildman–Crippen LogP) is 4.58. The molecular formula is C26H24FN5O3. The molecule has 0 atom stereocenters. The third kappa shape index (κ3) is 4.13. The standard InChI is InChI=1S/C26H24FN5O3/c1-16(17-13-34-14-17)35-23-12-18(32-7-9-33-10-8-32)11-22-24(23)26(30-15-29-22)31-21-5-4-20-19(25(21)27)3-2-6-28-20/h2-6,11-12,15H,7-10,13-14H2,1H3,(H,29,30,31). The Morgan fingerprint density at radius 1 is 1.03 bits per heavy atom. The van der Waals surface area contributed by atoms with Gasteiger partial charge in [0, 0.05) is 42.0 Å². The maximum Gasteiger partial charge on any atom is 0.156 e. The van der Waals surface area contributed by atoms with Gasteiger partial charge in [-0.3, -0.25) is 4.98 Å². The van der Waals surface area contributed by atoms with Crippen LogP contribution in [0.4, 0.5) is 21.6 Å². The van der Waals surface area contributed by atoms with Gasteiger partial charge >= 0.3 is 0 Å². The van der Waals surface area contributed by atoms with Gasteiger partial charge in [-0.2, -0.15) is 0 Å². The number of hydrogen-bond donors (Lipinski definition) is 1. The van der Waals surface area contributed by atoms with Crippen LogP contribution >= 0.6 is 0 Å². The lowest BCUT2D eigenvalue weighted by molar-refractivity contribution is 0.0954. The van der Waals surface area contributed by atoms with E-state index >= 15 is 4.39 Å². The van der Waals surface area contributed by atoms with E-state index in [-0.39, 0.29) is 5.82 Å². The van der Waals surface area contributed by atoms with E-state index in [9.17, 15) is 0 Å². The molecule has 4 aromatic rings. The molecule has 0 bridgehead atoms. The maximum atomic E-state index is 15.3. The van der Waals surface area contributed by atoms with Gasteiger partial charge in [0.25, 0.3) is 0 Å². The summed E-state index contributed by atoms with van der Waals surface area (Å²) < 4.78 is 32.5. The number of pyridine rings is 1. The largest absolute Gasteiger partial charge is 0.461 e. The second-order valence-corrected chi connectivity index (χ2v) is 8.54. The molecule has 6 rings (SSSR count). The van der Waals surface area contributed by atoms with Crippen LogP contribution < -0.4 is 15.0 Å². The third-order valence-electron chi connectivity index (χ3n) is 6.35. The molecule has 2 aromatic carbocycles. The monoisotopic (exact) mass is 473 g/mol. The number of benzene rings is 2. The first-order chi connectivity index (χ1) is 17.2. The smallest absolute Gasteiger partial charge is 0.156 e. The zero-order chi connectivity index (χ0) is 23.8. The van der Waals surface area contributed by atoms with E-state index < -0.39 is 0 Å². The predicted molar refractivity (Wildman–Crippen MR) is 132 cm³/mol. The van der Waals surface area contributed by atoms with E-state index in [0.717, 1.165) is 30.1 Å². The molecule has 2 saturated heterocycles. The Labute approximate surface area is 201 Å². The third-order valence-corrected chi connectivity index (χ3v) is 6.35.